The van der Waals surface area contributed by atoms with E-state index in [1.165, 1.54) is 0 Å². The molecule has 1 unspecified atom stereocenters. The lowest BCUT2D eigenvalue weighted by molar-refractivity contribution is -0.140. The molecule has 0 aliphatic carbocycles. The van der Waals surface area contributed by atoms with E-state index in [-0.39, 0.29) is 24.1 Å². The number of amides is 3. The van der Waals surface area contributed by atoms with E-state index < -0.39 is 6.04 Å². The lowest BCUT2D eigenvalue weighted by atomic mass is 9.89. The lowest BCUT2D eigenvalue weighted by Gasteiger charge is -2.36. The number of pyridine rings is 1. The number of halogens is 1. The topological polar surface area (TPSA) is 73.8 Å². The molecule has 7 nitrogen and oxygen atoms in total. The van der Waals surface area contributed by atoms with Crippen molar-refractivity contribution in [1.82, 2.24) is 13.0 Å². The van der Waals surface area contributed by atoms with Crippen LogP contribution in [0.15, 0.2) is 24.4 Å². The summed E-state index contributed by atoms with van der Waals surface area (Å²) in [4.78, 5) is 46.1. The molecule has 3 aliphatic heterocycles. The number of likely N-dealkylation sites (tertiary alicyclic amines) is 1. The molecule has 0 saturated carbocycles. The third-order valence-electron chi connectivity index (χ3n) is 5.75. The molecule has 27 heavy (non-hydrogen) atoms. The molecule has 2 saturated heterocycles. The van der Waals surface area contributed by atoms with Crippen LogP contribution in [-0.2, 0) is 9.59 Å². The van der Waals surface area contributed by atoms with Crippen molar-refractivity contribution in [2.45, 2.75) is 24.8 Å². The fourth-order valence-electron chi connectivity index (χ4n) is 4.40. The van der Waals surface area contributed by atoms with E-state index in [1.54, 1.807) is 40.0 Å². The van der Waals surface area contributed by atoms with E-state index in [0.717, 1.165) is 38.4 Å². The summed E-state index contributed by atoms with van der Waals surface area (Å²) in [7, 11) is 2.08. The lowest BCUT2D eigenvalue weighted by Crippen LogP contribution is -2.52. The van der Waals surface area contributed by atoms with Gasteiger partial charge in [-0.3, -0.25) is 24.3 Å². The Labute approximate surface area is 169 Å². The van der Waals surface area contributed by atoms with E-state index in [4.69, 9.17) is 0 Å². The van der Waals surface area contributed by atoms with Crippen LogP contribution in [-0.4, -0.2) is 56.9 Å². The molecule has 1 aromatic carbocycles. The van der Waals surface area contributed by atoms with Crippen LogP contribution in [0.5, 0.6) is 0 Å². The van der Waals surface area contributed by atoms with Crippen molar-refractivity contribution in [3.05, 3.63) is 35.5 Å². The predicted octanol–water partition coefficient (Wildman–Crippen LogP) is 2.09. The smallest absolute Gasteiger partial charge is 0.261 e. The molecular formula is C19H17IN4O3. The second-order valence-corrected chi connectivity index (χ2v) is 8.38. The third kappa shape index (κ3) is 2.35. The second kappa shape index (κ2) is 5.96. The van der Waals surface area contributed by atoms with E-state index in [1.807, 2.05) is 12.1 Å². The fraction of sp³-hybridized carbons (Fsp3) is 0.368. The third-order valence-corrected chi connectivity index (χ3v) is 6.77. The molecule has 0 bridgehead atoms. The molecule has 0 radical (unpaired) electrons. The van der Waals surface area contributed by atoms with Crippen molar-refractivity contribution < 1.29 is 14.4 Å². The van der Waals surface area contributed by atoms with Gasteiger partial charge in [-0.1, -0.05) is 6.07 Å². The number of benzene rings is 1. The SMILES string of the molecule is CN1CC(c2ccc3c4c(ccnc24)N(C2CCC(=O)N(I)C2=O)C3=O)C1. The van der Waals surface area contributed by atoms with Crippen LogP contribution in [0, 0.1) is 0 Å². The van der Waals surface area contributed by atoms with Gasteiger partial charge >= 0.3 is 0 Å². The van der Waals surface area contributed by atoms with Gasteiger partial charge in [-0.25, -0.2) is 3.11 Å². The predicted molar refractivity (Wildman–Crippen MR) is 108 cm³/mol. The maximum Gasteiger partial charge on any atom is 0.261 e. The summed E-state index contributed by atoms with van der Waals surface area (Å²) in [6.45, 7) is 1.95. The summed E-state index contributed by atoms with van der Waals surface area (Å²) in [5.74, 6) is -0.316. The maximum atomic E-state index is 13.2. The number of carbonyl (C=O) groups excluding carboxylic acids is 3. The average molecular weight is 476 g/mol. The maximum absolute atomic E-state index is 13.2. The Morgan fingerprint density at radius 1 is 1.15 bits per heavy atom. The first-order valence-corrected chi connectivity index (χ1v) is 9.90. The highest BCUT2D eigenvalue weighted by atomic mass is 127. The number of piperidine rings is 1. The van der Waals surface area contributed by atoms with Gasteiger partial charge in [0.2, 0.25) is 5.91 Å². The van der Waals surface area contributed by atoms with Gasteiger partial charge in [-0.05, 0) is 31.2 Å². The van der Waals surface area contributed by atoms with E-state index in [2.05, 4.69) is 16.9 Å². The summed E-state index contributed by atoms with van der Waals surface area (Å²) >= 11 is 1.73. The summed E-state index contributed by atoms with van der Waals surface area (Å²) in [6.07, 6.45) is 2.31. The quantitative estimate of drug-likeness (QED) is 0.377. The van der Waals surface area contributed by atoms with Gasteiger partial charge < -0.3 is 4.90 Å². The van der Waals surface area contributed by atoms with Crippen LogP contribution < -0.4 is 4.90 Å². The number of imide groups is 1. The Kier molecular flexibility index (Phi) is 3.77. The Balaban J connectivity index is 1.62. The molecule has 0 spiro atoms. The molecule has 1 aromatic heterocycles. The van der Waals surface area contributed by atoms with Gasteiger partial charge in [-0.15, -0.1) is 0 Å². The first kappa shape index (κ1) is 17.1. The molecule has 0 N–H and O–H groups in total. The zero-order chi connectivity index (χ0) is 18.9. The highest BCUT2D eigenvalue weighted by Crippen LogP contribution is 2.42. The number of carbonyl (C=O) groups is 3. The first-order valence-electron chi connectivity index (χ1n) is 8.93. The van der Waals surface area contributed by atoms with Crippen molar-refractivity contribution in [2.75, 3.05) is 25.0 Å². The molecule has 2 aromatic rings. The Morgan fingerprint density at radius 2 is 1.93 bits per heavy atom. The van der Waals surface area contributed by atoms with Crippen molar-refractivity contribution in [2.24, 2.45) is 0 Å². The summed E-state index contributed by atoms with van der Waals surface area (Å²) in [5.41, 5.74) is 3.33. The van der Waals surface area contributed by atoms with E-state index >= 15 is 0 Å². The summed E-state index contributed by atoms with van der Waals surface area (Å²) in [5, 5.41) is 0.833. The summed E-state index contributed by atoms with van der Waals surface area (Å²) < 4.78 is 1.11. The monoisotopic (exact) mass is 476 g/mol. The summed E-state index contributed by atoms with van der Waals surface area (Å²) in [6, 6.07) is 5.02. The number of likely N-dealkylation sites (N-methyl/N-ethyl adjacent to an activating group) is 1. The first-order chi connectivity index (χ1) is 13.0. The standard InChI is InChI=1S/C19H17IN4O3/c1-22-8-10(9-22)11-2-3-12-16-13(6-7-21-17(11)16)23(18(12)26)14-4-5-15(25)24(20)19(14)27/h2-3,6-7,10,14H,4-5,8-9H2,1H3. The van der Waals surface area contributed by atoms with Gasteiger partial charge in [-0.2, -0.15) is 0 Å². The number of rotatable bonds is 2. The minimum atomic E-state index is -0.650. The van der Waals surface area contributed by atoms with Crippen LogP contribution in [0.25, 0.3) is 10.9 Å². The normalized spacial score (nSPS) is 23.5. The van der Waals surface area contributed by atoms with Gasteiger partial charge in [0.05, 0.1) is 39.6 Å². The number of anilines is 1. The molecule has 3 amide bonds. The van der Waals surface area contributed by atoms with Crippen molar-refractivity contribution in [1.29, 1.82) is 0 Å². The molecule has 8 heteroatoms. The van der Waals surface area contributed by atoms with Crippen molar-refractivity contribution in [3.8, 4) is 0 Å². The van der Waals surface area contributed by atoms with E-state index in [0.29, 0.717) is 17.9 Å². The van der Waals surface area contributed by atoms with Crippen molar-refractivity contribution >= 4 is 57.2 Å². The second-order valence-electron chi connectivity index (χ2n) is 7.42. The number of hydrogen-bond donors (Lipinski definition) is 0. The van der Waals surface area contributed by atoms with Crippen LogP contribution in [0.1, 0.15) is 34.7 Å². The van der Waals surface area contributed by atoms with Gasteiger partial charge in [0, 0.05) is 37.0 Å². The van der Waals surface area contributed by atoms with Gasteiger partial charge in [0.1, 0.15) is 6.04 Å². The number of aromatic nitrogens is 1. The van der Waals surface area contributed by atoms with Crippen LogP contribution in [0.2, 0.25) is 0 Å². The zero-order valence-electron chi connectivity index (χ0n) is 14.7. The highest BCUT2D eigenvalue weighted by Gasteiger charge is 2.44. The number of hydrogen-bond acceptors (Lipinski definition) is 5. The molecule has 4 heterocycles. The molecule has 1 atom stereocenters. The average Bonchev–Trinajstić information content (AvgIpc) is 2.92. The molecule has 2 fully saturated rings. The molecule has 5 rings (SSSR count). The van der Waals surface area contributed by atoms with Crippen LogP contribution in [0.4, 0.5) is 5.69 Å². The molecular weight excluding hydrogens is 459 g/mol. The Morgan fingerprint density at radius 3 is 2.67 bits per heavy atom. The molecule has 138 valence electrons. The molecule has 3 aliphatic rings. The zero-order valence-corrected chi connectivity index (χ0v) is 16.8. The van der Waals surface area contributed by atoms with Crippen LogP contribution >= 0.6 is 22.9 Å². The van der Waals surface area contributed by atoms with Crippen LogP contribution in [0.3, 0.4) is 0 Å². The number of nitrogens with zero attached hydrogens (tertiary/aromatic N) is 4. The van der Waals surface area contributed by atoms with Crippen molar-refractivity contribution in [3.63, 3.8) is 0 Å². The minimum absolute atomic E-state index is 0.183. The minimum Gasteiger partial charge on any atom is -0.305 e. The fourth-order valence-corrected chi connectivity index (χ4v) is 4.96. The van der Waals surface area contributed by atoms with E-state index in [9.17, 15) is 14.4 Å². The van der Waals surface area contributed by atoms with Gasteiger partial charge in [0.25, 0.3) is 11.8 Å². The largest absolute Gasteiger partial charge is 0.305 e. The van der Waals surface area contributed by atoms with Gasteiger partial charge in [0.15, 0.2) is 0 Å². The Bertz CT molecular complexity index is 1020. The highest BCUT2D eigenvalue weighted by molar-refractivity contribution is 14.1. The Hall–Kier alpha value is -2.07.